The fraction of sp³-hybridized carbons (Fsp3) is 0.160. The summed E-state index contributed by atoms with van der Waals surface area (Å²) < 4.78 is 31.2. The molecule has 0 aliphatic carbocycles. The van der Waals surface area contributed by atoms with Gasteiger partial charge in [-0.25, -0.2) is 4.39 Å². The van der Waals surface area contributed by atoms with E-state index in [2.05, 4.69) is 0 Å². The SMILES string of the molecule is COc1ccc(-c2oc3cc(C)c(C)cc3c(=O)c2OCc2ccccc2F)cc1. The molecule has 0 radical (unpaired) electrons. The first-order valence-electron chi connectivity index (χ1n) is 9.56. The maximum atomic E-state index is 14.1. The molecule has 0 bridgehead atoms. The smallest absolute Gasteiger partial charge is 0.235 e. The van der Waals surface area contributed by atoms with E-state index in [1.54, 1.807) is 55.6 Å². The second-order valence-electron chi connectivity index (χ2n) is 7.13. The molecule has 4 nitrogen and oxygen atoms in total. The maximum Gasteiger partial charge on any atom is 0.235 e. The molecule has 30 heavy (non-hydrogen) atoms. The first-order valence-corrected chi connectivity index (χ1v) is 9.56. The molecule has 0 amide bonds. The van der Waals surface area contributed by atoms with Crippen molar-refractivity contribution in [2.45, 2.75) is 20.5 Å². The monoisotopic (exact) mass is 404 g/mol. The lowest BCUT2D eigenvalue weighted by atomic mass is 10.0. The number of aryl methyl sites for hydroxylation is 2. The lowest BCUT2D eigenvalue weighted by Crippen LogP contribution is -2.11. The third-order valence-corrected chi connectivity index (χ3v) is 5.15. The van der Waals surface area contributed by atoms with E-state index in [0.717, 1.165) is 11.1 Å². The Balaban J connectivity index is 1.88. The van der Waals surface area contributed by atoms with E-state index in [1.165, 1.54) is 6.07 Å². The zero-order valence-electron chi connectivity index (χ0n) is 17.0. The predicted octanol–water partition coefficient (Wildman–Crippen LogP) is 5.80. The number of halogens is 1. The van der Waals surface area contributed by atoms with Crippen molar-refractivity contribution in [1.29, 1.82) is 0 Å². The highest BCUT2D eigenvalue weighted by molar-refractivity contribution is 5.83. The highest BCUT2D eigenvalue weighted by Crippen LogP contribution is 2.33. The van der Waals surface area contributed by atoms with Gasteiger partial charge in [0.15, 0.2) is 5.76 Å². The second kappa shape index (κ2) is 8.03. The molecule has 0 saturated heterocycles. The fourth-order valence-electron chi connectivity index (χ4n) is 3.26. The van der Waals surface area contributed by atoms with Gasteiger partial charge in [0.1, 0.15) is 23.8 Å². The zero-order valence-corrected chi connectivity index (χ0v) is 17.0. The molecule has 0 fully saturated rings. The van der Waals surface area contributed by atoms with Gasteiger partial charge >= 0.3 is 0 Å². The quantitative estimate of drug-likeness (QED) is 0.422. The highest BCUT2D eigenvalue weighted by Gasteiger charge is 2.19. The van der Waals surface area contributed by atoms with Gasteiger partial charge in [-0.05, 0) is 67.4 Å². The molecular weight excluding hydrogens is 383 g/mol. The van der Waals surface area contributed by atoms with E-state index in [4.69, 9.17) is 13.9 Å². The van der Waals surface area contributed by atoms with E-state index in [0.29, 0.717) is 33.6 Å². The Morgan fingerprint density at radius 3 is 2.37 bits per heavy atom. The summed E-state index contributed by atoms with van der Waals surface area (Å²) in [6, 6.07) is 17.1. The number of fused-ring (bicyclic) bond motifs is 1. The van der Waals surface area contributed by atoms with E-state index >= 15 is 0 Å². The number of ether oxygens (including phenoxy) is 2. The van der Waals surface area contributed by atoms with E-state index in [9.17, 15) is 9.18 Å². The van der Waals surface area contributed by atoms with Crippen molar-refractivity contribution >= 4 is 11.0 Å². The van der Waals surface area contributed by atoms with Crippen molar-refractivity contribution in [3.05, 3.63) is 93.4 Å². The summed E-state index contributed by atoms with van der Waals surface area (Å²) in [5.41, 5.74) is 3.21. The Morgan fingerprint density at radius 1 is 0.967 bits per heavy atom. The van der Waals surface area contributed by atoms with E-state index in [1.807, 2.05) is 19.9 Å². The fourth-order valence-corrected chi connectivity index (χ4v) is 3.26. The van der Waals surface area contributed by atoms with Crippen LogP contribution in [-0.4, -0.2) is 7.11 Å². The van der Waals surface area contributed by atoms with Gasteiger partial charge in [-0.3, -0.25) is 4.79 Å². The number of rotatable bonds is 5. The maximum absolute atomic E-state index is 14.1. The minimum atomic E-state index is -0.389. The molecule has 0 atom stereocenters. The summed E-state index contributed by atoms with van der Waals surface area (Å²) in [4.78, 5) is 13.3. The Labute approximate surface area is 173 Å². The molecule has 5 heteroatoms. The van der Waals surface area contributed by atoms with Gasteiger partial charge in [-0.15, -0.1) is 0 Å². The first kappa shape index (κ1) is 19.7. The van der Waals surface area contributed by atoms with Crippen LogP contribution in [0.5, 0.6) is 11.5 Å². The molecule has 3 aromatic carbocycles. The van der Waals surface area contributed by atoms with Gasteiger partial charge in [0.25, 0.3) is 0 Å². The third kappa shape index (κ3) is 3.66. The summed E-state index contributed by atoms with van der Waals surface area (Å²) in [5.74, 6) is 0.649. The van der Waals surface area contributed by atoms with Crippen LogP contribution in [0.15, 0.2) is 69.9 Å². The Kier molecular flexibility index (Phi) is 5.27. The summed E-state index contributed by atoms with van der Waals surface area (Å²) in [5, 5.41) is 0.430. The number of benzene rings is 3. The zero-order chi connectivity index (χ0) is 21.3. The van der Waals surface area contributed by atoms with Gasteiger partial charge in [0, 0.05) is 11.1 Å². The minimum absolute atomic E-state index is 0.0548. The number of hydrogen-bond donors (Lipinski definition) is 0. The van der Waals surface area contributed by atoms with Crippen LogP contribution in [0.1, 0.15) is 16.7 Å². The average Bonchev–Trinajstić information content (AvgIpc) is 2.75. The van der Waals surface area contributed by atoms with Crippen LogP contribution < -0.4 is 14.9 Å². The molecule has 0 aliphatic heterocycles. The van der Waals surface area contributed by atoms with Crippen molar-refractivity contribution < 1.29 is 18.3 Å². The molecule has 0 unspecified atom stereocenters. The standard InChI is InChI=1S/C25H21FO4/c1-15-12-20-22(13-16(15)2)30-24(17-8-10-19(28-3)11-9-17)25(23(20)27)29-14-18-6-4-5-7-21(18)26/h4-13H,14H2,1-3H3. The van der Waals surface area contributed by atoms with E-state index in [-0.39, 0.29) is 23.6 Å². The van der Waals surface area contributed by atoms with Crippen LogP contribution in [0.4, 0.5) is 4.39 Å². The lowest BCUT2D eigenvalue weighted by Gasteiger charge is -2.13. The number of methoxy groups -OCH3 is 1. The summed E-state index contributed by atoms with van der Waals surface area (Å²) in [6.07, 6.45) is 0. The molecule has 4 aromatic rings. The second-order valence-corrected chi connectivity index (χ2v) is 7.13. The lowest BCUT2D eigenvalue weighted by molar-refractivity contribution is 0.292. The first-order chi connectivity index (χ1) is 14.5. The van der Waals surface area contributed by atoms with Crippen LogP contribution in [0.3, 0.4) is 0 Å². The normalized spacial score (nSPS) is 10.9. The van der Waals surface area contributed by atoms with Crippen molar-refractivity contribution in [3.8, 4) is 22.8 Å². The van der Waals surface area contributed by atoms with Gasteiger partial charge in [0.05, 0.1) is 12.5 Å². The molecule has 4 rings (SSSR count). The molecule has 0 aliphatic rings. The molecule has 0 spiro atoms. The van der Waals surface area contributed by atoms with Gasteiger partial charge < -0.3 is 13.9 Å². The highest BCUT2D eigenvalue weighted by atomic mass is 19.1. The Hall–Kier alpha value is -3.60. The molecular formula is C25H21FO4. The van der Waals surface area contributed by atoms with Crippen LogP contribution >= 0.6 is 0 Å². The van der Waals surface area contributed by atoms with Crippen molar-refractivity contribution in [2.75, 3.05) is 7.11 Å². The average molecular weight is 404 g/mol. The largest absolute Gasteiger partial charge is 0.497 e. The molecule has 1 aromatic heterocycles. The Morgan fingerprint density at radius 2 is 1.67 bits per heavy atom. The molecule has 1 heterocycles. The van der Waals surface area contributed by atoms with Crippen LogP contribution in [-0.2, 0) is 6.61 Å². The van der Waals surface area contributed by atoms with Crippen molar-refractivity contribution in [1.82, 2.24) is 0 Å². The van der Waals surface area contributed by atoms with Crippen molar-refractivity contribution in [3.63, 3.8) is 0 Å². The van der Waals surface area contributed by atoms with Crippen LogP contribution in [0.25, 0.3) is 22.3 Å². The van der Waals surface area contributed by atoms with Crippen LogP contribution in [0.2, 0.25) is 0 Å². The van der Waals surface area contributed by atoms with Crippen LogP contribution in [0, 0.1) is 19.7 Å². The molecule has 0 N–H and O–H groups in total. The van der Waals surface area contributed by atoms with E-state index < -0.39 is 0 Å². The topological polar surface area (TPSA) is 48.7 Å². The number of hydrogen-bond acceptors (Lipinski definition) is 4. The summed E-state index contributed by atoms with van der Waals surface area (Å²) in [7, 11) is 1.58. The summed E-state index contributed by atoms with van der Waals surface area (Å²) in [6.45, 7) is 3.81. The predicted molar refractivity (Wildman–Crippen MR) is 115 cm³/mol. The van der Waals surface area contributed by atoms with Gasteiger partial charge in [0.2, 0.25) is 11.2 Å². The summed E-state index contributed by atoms with van der Waals surface area (Å²) >= 11 is 0. The minimum Gasteiger partial charge on any atom is -0.497 e. The molecule has 152 valence electrons. The van der Waals surface area contributed by atoms with Gasteiger partial charge in [-0.2, -0.15) is 0 Å². The molecule has 0 saturated carbocycles. The van der Waals surface area contributed by atoms with Gasteiger partial charge in [-0.1, -0.05) is 18.2 Å². The van der Waals surface area contributed by atoms with Crippen molar-refractivity contribution in [2.24, 2.45) is 0 Å². The third-order valence-electron chi connectivity index (χ3n) is 5.15. The Bertz CT molecular complexity index is 1270.